The first kappa shape index (κ1) is 17.3. The van der Waals surface area contributed by atoms with Gasteiger partial charge in [-0.2, -0.15) is 0 Å². The van der Waals surface area contributed by atoms with Crippen molar-refractivity contribution in [1.29, 1.82) is 0 Å². The van der Waals surface area contributed by atoms with Crippen LogP contribution >= 0.6 is 11.3 Å². The van der Waals surface area contributed by atoms with Gasteiger partial charge in [0.2, 0.25) is 0 Å². The highest BCUT2D eigenvalue weighted by molar-refractivity contribution is 7.11. The number of aliphatic imine (C=N–C) groups is 1. The van der Waals surface area contributed by atoms with E-state index in [0.29, 0.717) is 0 Å². The summed E-state index contributed by atoms with van der Waals surface area (Å²) in [5.41, 5.74) is 1.17. The molecule has 0 aliphatic carbocycles. The van der Waals surface area contributed by atoms with E-state index in [2.05, 4.69) is 59.1 Å². The van der Waals surface area contributed by atoms with Crippen LogP contribution in [0.2, 0.25) is 0 Å². The molecular formula is C18H26N4S. The fourth-order valence-corrected chi connectivity index (χ4v) is 2.97. The average Bonchev–Trinajstić information content (AvgIpc) is 2.98. The van der Waals surface area contributed by atoms with Crippen LogP contribution in [0.3, 0.4) is 0 Å². The molecule has 4 nitrogen and oxygen atoms in total. The van der Waals surface area contributed by atoms with Crippen molar-refractivity contribution in [3.63, 3.8) is 0 Å². The summed E-state index contributed by atoms with van der Waals surface area (Å²) in [5.74, 6) is 0.887. The van der Waals surface area contributed by atoms with Gasteiger partial charge in [-0.15, -0.1) is 11.3 Å². The van der Waals surface area contributed by atoms with Gasteiger partial charge >= 0.3 is 0 Å². The molecule has 5 heteroatoms. The number of nitrogens with one attached hydrogen (secondary N) is 3. The smallest absolute Gasteiger partial charge is 0.191 e. The third kappa shape index (κ3) is 6.74. The number of thiophene rings is 1. The minimum Gasteiger partial charge on any atom is -0.385 e. The fourth-order valence-electron chi connectivity index (χ4n) is 2.15. The molecule has 0 saturated heterocycles. The maximum Gasteiger partial charge on any atom is 0.191 e. The van der Waals surface area contributed by atoms with E-state index in [4.69, 9.17) is 0 Å². The predicted octanol–water partition coefficient (Wildman–Crippen LogP) is 3.61. The molecular weight excluding hydrogens is 304 g/mol. The standard InChI is InChI=1S/C18H26N4S/c1-3-19-18(22-14-17-11-10-15(2)23-17)21-13-7-12-20-16-8-5-4-6-9-16/h4-6,8-11,20H,3,7,12-14H2,1-2H3,(H2,19,21,22). The summed E-state index contributed by atoms with van der Waals surface area (Å²) in [4.78, 5) is 7.27. The average molecular weight is 331 g/mol. The molecule has 0 spiro atoms. The van der Waals surface area contributed by atoms with Gasteiger partial charge in [-0.05, 0) is 44.5 Å². The van der Waals surface area contributed by atoms with Crippen molar-refractivity contribution < 1.29 is 0 Å². The lowest BCUT2D eigenvalue weighted by Crippen LogP contribution is -2.38. The molecule has 124 valence electrons. The Morgan fingerprint density at radius 1 is 1.04 bits per heavy atom. The summed E-state index contributed by atoms with van der Waals surface area (Å²) >= 11 is 1.80. The molecule has 0 radical (unpaired) electrons. The fraction of sp³-hybridized carbons (Fsp3) is 0.389. The van der Waals surface area contributed by atoms with Crippen molar-refractivity contribution in [3.05, 3.63) is 52.2 Å². The van der Waals surface area contributed by atoms with Gasteiger partial charge in [-0.3, -0.25) is 0 Å². The Bertz CT molecular complexity index is 592. The van der Waals surface area contributed by atoms with Crippen LogP contribution in [0.25, 0.3) is 0 Å². The van der Waals surface area contributed by atoms with Crippen LogP contribution < -0.4 is 16.0 Å². The van der Waals surface area contributed by atoms with Crippen LogP contribution in [0.1, 0.15) is 23.1 Å². The van der Waals surface area contributed by atoms with Gasteiger partial charge in [0.15, 0.2) is 5.96 Å². The number of aryl methyl sites for hydroxylation is 1. The summed E-state index contributed by atoms with van der Waals surface area (Å²) in [6.45, 7) is 7.66. The Labute approximate surface area is 143 Å². The van der Waals surface area contributed by atoms with Gasteiger partial charge in [-0.1, -0.05) is 18.2 Å². The first-order valence-corrected chi connectivity index (χ1v) is 8.96. The maximum absolute atomic E-state index is 4.64. The van der Waals surface area contributed by atoms with Gasteiger partial charge < -0.3 is 16.0 Å². The zero-order valence-corrected chi connectivity index (χ0v) is 14.7. The van der Waals surface area contributed by atoms with Gasteiger partial charge in [0, 0.05) is 35.1 Å². The SMILES string of the molecule is CCNC(=NCc1ccc(C)s1)NCCCNc1ccccc1. The van der Waals surface area contributed by atoms with Crippen LogP contribution in [-0.2, 0) is 6.54 Å². The molecule has 3 N–H and O–H groups in total. The second-order valence-corrected chi connectivity index (χ2v) is 6.65. The Balaban J connectivity index is 1.69. The number of guanidine groups is 1. The summed E-state index contributed by atoms with van der Waals surface area (Å²) in [5, 5.41) is 10.1. The number of rotatable bonds is 8. The monoisotopic (exact) mass is 330 g/mol. The van der Waals surface area contributed by atoms with E-state index in [1.165, 1.54) is 15.4 Å². The Morgan fingerprint density at radius 3 is 2.57 bits per heavy atom. The van der Waals surface area contributed by atoms with Gasteiger partial charge in [0.25, 0.3) is 0 Å². The van der Waals surface area contributed by atoms with Crippen molar-refractivity contribution >= 4 is 23.0 Å². The molecule has 2 rings (SSSR count). The highest BCUT2D eigenvalue weighted by Crippen LogP contribution is 2.15. The van der Waals surface area contributed by atoms with Crippen molar-refractivity contribution in [1.82, 2.24) is 10.6 Å². The lowest BCUT2D eigenvalue weighted by molar-refractivity contribution is 0.766. The summed E-state index contributed by atoms with van der Waals surface area (Å²) < 4.78 is 0. The van der Waals surface area contributed by atoms with Gasteiger partial charge in [-0.25, -0.2) is 4.99 Å². The van der Waals surface area contributed by atoms with Crippen LogP contribution in [0, 0.1) is 6.92 Å². The molecule has 0 aliphatic heterocycles. The van der Waals surface area contributed by atoms with E-state index in [-0.39, 0.29) is 0 Å². The molecule has 0 fully saturated rings. The number of anilines is 1. The molecule has 1 aromatic carbocycles. The highest BCUT2D eigenvalue weighted by atomic mass is 32.1. The predicted molar refractivity (Wildman–Crippen MR) is 101 cm³/mol. The minimum absolute atomic E-state index is 0.732. The second-order valence-electron chi connectivity index (χ2n) is 5.28. The van der Waals surface area contributed by atoms with Crippen molar-refractivity contribution in [2.24, 2.45) is 4.99 Å². The maximum atomic E-state index is 4.64. The first-order valence-electron chi connectivity index (χ1n) is 8.14. The zero-order valence-electron chi connectivity index (χ0n) is 13.9. The zero-order chi connectivity index (χ0) is 16.3. The minimum atomic E-state index is 0.732. The summed E-state index contributed by atoms with van der Waals surface area (Å²) in [7, 11) is 0. The molecule has 23 heavy (non-hydrogen) atoms. The Morgan fingerprint density at radius 2 is 1.87 bits per heavy atom. The summed E-state index contributed by atoms with van der Waals surface area (Å²) in [6, 6.07) is 14.6. The van der Waals surface area contributed by atoms with E-state index in [1.54, 1.807) is 11.3 Å². The topological polar surface area (TPSA) is 48.5 Å². The molecule has 1 aromatic heterocycles. The number of para-hydroxylation sites is 1. The van der Waals surface area contributed by atoms with E-state index in [9.17, 15) is 0 Å². The lowest BCUT2D eigenvalue weighted by atomic mass is 10.3. The lowest BCUT2D eigenvalue weighted by Gasteiger charge is -2.11. The normalized spacial score (nSPS) is 11.3. The Kier molecular flexibility index (Phi) is 7.46. The highest BCUT2D eigenvalue weighted by Gasteiger charge is 1.99. The molecule has 0 saturated carbocycles. The third-order valence-electron chi connectivity index (χ3n) is 3.28. The van der Waals surface area contributed by atoms with E-state index >= 15 is 0 Å². The second kappa shape index (κ2) is 9.90. The quantitative estimate of drug-likeness (QED) is 0.394. The molecule has 1 heterocycles. The van der Waals surface area contributed by atoms with E-state index in [1.807, 2.05) is 18.2 Å². The largest absolute Gasteiger partial charge is 0.385 e. The van der Waals surface area contributed by atoms with Crippen molar-refractivity contribution in [2.45, 2.75) is 26.8 Å². The van der Waals surface area contributed by atoms with Crippen LogP contribution in [-0.4, -0.2) is 25.6 Å². The number of hydrogen-bond donors (Lipinski definition) is 3. The van der Waals surface area contributed by atoms with Crippen molar-refractivity contribution in [3.8, 4) is 0 Å². The van der Waals surface area contributed by atoms with E-state index < -0.39 is 0 Å². The molecule has 0 atom stereocenters. The molecule has 2 aromatic rings. The molecule has 0 bridgehead atoms. The van der Waals surface area contributed by atoms with Crippen LogP contribution in [0.4, 0.5) is 5.69 Å². The Hall–Kier alpha value is -2.01. The number of nitrogens with zero attached hydrogens (tertiary/aromatic N) is 1. The number of hydrogen-bond acceptors (Lipinski definition) is 3. The molecule has 0 unspecified atom stereocenters. The van der Waals surface area contributed by atoms with Crippen LogP contribution in [0.15, 0.2) is 47.5 Å². The summed E-state index contributed by atoms with van der Waals surface area (Å²) in [6.07, 6.45) is 1.04. The van der Waals surface area contributed by atoms with Gasteiger partial charge in [0.1, 0.15) is 0 Å². The van der Waals surface area contributed by atoms with Crippen LogP contribution in [0.5, 0.6) is 0 Å². The first-order chi connectivity index (χ1) is 11.3. The molecule has 0 aliphatic rings. The number of benzene rings is 1. The molecule has 0 amide bonds. The third-order valence-corrected chi connectivity index (χ3v) is 4.27. The van der Waals surface area contributed by atoms with Crippen molar-refractivity contribution in [2.75, 3.05) is 25.0 Å². The van der Waals surface area contributed by atoms with Gasteiger partial charge in [0.05, 0.1) is 6.54 Å². The van der Waals surface area contributed by atoms with E-state index in [0.717, 1.165) is 38.6 Å².